The molecule has 1 aliphatic heterocycles. The quantitative estimate of drug-likeness (QED) is 0.644. The minimum absolute atomic E-state index is 0.00236. The minimum Gasteiger partial charge on any atom is -0.508 e. The highest BCUT2D eigenvalue weighted by Gasteiger charge is 2.35. The Bertz CT molecular complexity index is 519. The summed E-state index contributed by atoms with van der Waals surface area (Å²) in [5.74, 6) is 0.196. The SMILES string of the molecule is C=CCN1C(=O)C(CNc2cccc(O)c2)SC1=S. The maximum Gasteiger partial charge on any atom is 0.243 e. The lowest BCUT2D eigenvalue weighted by atomic mass is 10.3. The first-order valence-corrected chi connectivity index (χ1v) is 7.06. The Kier molecular flexibility index (Phi) is 4.44. The lowest BCUT2D eigenvalue weighted by Gasteiger charge is -2.13. The van der Waals surface area contributed by atoms with Gasteiger partial charge in [0.1, 0.15) is 15.3 Å². The number of rotatable bonds is 5. The zero-order valence-corrected chi connectivity index (χ0v) is 11.8. The summed E-state index contributed by atoms with van der Waals surface area (Å²) < 4.78 is 0.590. The molecule has 0 radical (unpaired) electrons. The molecule has 0 bridgehead atoms. The second-order valence-electron chi connectivity index (χ2n) is 4.04. The van der Waals surface area contributed by atoms with Crippen molar-refractivity contribution < 1.29 is 9.90 Å². The summed E-state index contributed by atoms with van der Waals surface area (Å²) in [4.78, 5) is 13.6. The molecule has 1 fully saturated rings. The number of nitrogens with one attached hydrogen (secondary N) is 1. The smallest absolute Gasteiger partial charge is 0.243 e. The lowest BCUT2D eigenvalue weighted by Crippen LogP contribution is -2.34. The van der Waals surface area contributed by atoms with Crippen LogP contribution in [0.15, 0.2) is 36.9 Å². The van der Waals surface area contributed by atoms with E-state index < -0.39 is 0 Å². The molecular weight excluding hydrogens is 280 g/mol. The highest BCUT2D eigenvalue weighted by atomic mass is 32.2. The number of thioether (sulfide) groups is 1. The van der Waals surface area contributed by atoms with Gasteiger partial charge in [0.15, 0.2) is 0 Å². The fourth-order valence-electron chi connectivity index (χ4n) is 1.75. The Hall–Kier alpha value is -1.53. The van der Waals surface area contributed by atoms with E-state index in [1.54, 1.807) is 29.2 Å². The van der Waals surface area contributed by atoms with Crippen LogP contribution < -0.4 is 5.32 Å². The Morgan fingerprint density at radius 2 is 2.37 bits per heavy atom. The van der Waals surface area contributed by atoms with E-state index in [0.29, 0.717) is 17.4 Å². The van der Waals surface area contributed by atoms with E-state index in [2.05, 4.69) is 11.9 Å². The van der Waals surface area contributed by atoms with Gasteiger partial charge in [0, 0.05) is 24.8 Å². The van der Waals surface area contributed by atoms with Crippen molar-refractivity contribution in [2.45, 2.75) is 5.25 Å². The summed E-state index contributed by atoms with van der Waals surface area (Å²) in [6.45, 7) is 4.54. The number of phenols is 1. The van der Waals surface area contributed by atoms with Gasteiger partial charge in [-0.3, -0.25) is 9.69 Å². The molecule has 1 aromatic carbocycles. The third-order valence-electron chi connectivity index (χ3n) is 2.65. The minimum atomic E-state index is -0.227. The van der Waals surface area contributed by atoms with E-state index in [4.69, 9.17) is 12.2 Å². The number of anilines is 1. The van der Waals surface area contributed by atoms with E-state index >= 15 is 0 Å². The maximum atomic E-state index is 12.1. The largest absolute Gasteiger partial charge is 0.508 e. The highest BCUT2D eigenvalue weighted by Crippen LogP contribution is 2.27. The summed E-state index contributed by atoms with van der Waals surface area (Å²) in [5.41, 5.74) is 0.779. The van der Waals surface area contributed by atoms with Crippen molar-refractivity contribution in [2.75, 3.05) is 18.4 Å². The summed E-state index contributed by atoms with van der Waals surface area (Å²) >= 11 is 6.54. The van der Waals surface area contributed by atoms with Gasteiger partial charge in [-0.15, -0.1) is 6.58 Å². The zero-order valence-electron chi connectivity index (χ0n) is 10.2. The van der Waals surface area contributed by atoms with Crippen molar-refractivity contribution in [3.63, 3.8) is 0 Å². The molecule has 1 aliphatic rings. The summed E-state index contributed by atoms with van der Waals surface area (Å²) in [6.07, 6.45) is 1.66. The highest BCUT2D eigenvalue weighted by molar-refractivity contribution is 8.24. The average Bonchev–Trinajstić information content (AvgIpc) is 2.65. The van der Waals surface area contributed by atoms with E-state index in [1.807, 2.05) is 6.07 Å². The second kappa shape index (κ2) is 6.08. The fourth-order valence-corrected chi connectivity index (χ4v) is 3.19. The topological polar surface area (TPSA) is 52.6 Å². The van der Waals surface area contributed by atoms with Gasteiger partial charge < -0.3 is 10.4 Å². The summed E-state index contributed by atoms with van der Waals surface area (Å²) in [6, 6.07) is 6.80. The van der Waals surface area contributed by atoms with Crippen LogP contribution in [0.4, 0.5) is 5.69 Å². The number of benzene rings is 1. The molecule has 19 heavy (non-hydrogen) atoms. The van der Waals surface area contributed by atoms with Crippen LogP contribution in [0, 0.1) is 0 Å². The molecule has 100 valence electrons. The fraction of sp³-hybridized carbons (Fsp3) is 0.231. The number of hydrogen-bond donors (Lipinski definition) is 2. The van der Waals surface area contributed by atoms with E-state index in [-0.39, 0.29) is 16.9 Å². The average molecular weight is 294 g/mol. The first-order chi connectivity index (χ1) is 9.11. The van der Waals surface area contributed by atoms with Crippen LogP contribution in [-0.4, -0.2) is 38.6 Å². The van der Waals surface area contributed by atoms with Crippen molar-refractivity contribution in [1.29, 1.82) is 0 Å². The van der Waals surface area contributed by atoms with Gasteiger partial charge in [-0.1, -0.05) is 36.1 Å². The lowest BCUT2D eigenvalue weighted by molar-refractivity contribution is -0.125. The molecule has 2 rings (SSSR count). The van der Waals surface area contributed by atoms with Gasteiger partial charge in [-0.25, -0.2) is 0 Å². The number of nitrogens with zero attached hydrogens (tertiary/aromatic N) is 1. The molecular formula is C13H14N2O2S2. The number of amides is 1. The van der Waals surface area contributed by atoms with Crippen LogP contribution in [0.3, 0.4) is 0 Å². The van der Waals surface area contributed by atoms with Crippen molar-refractivity contribution in [3.8, 4) is 5.75 Å². The van der Waals surface area contributed by atoms with Gasteiger partial charge in [0.05, 0.1) is 0 Å². The number of phenolic OH excluding ortho intramolecular Hbond substituents is 1. The van der Waals surface area contributed by atoms with E-state index in [0.717, 1.165) is 5.69 Å². The molecule has 0 spiro atoms. The van der Waals surface area contributed by atoms with Crippen molar-refractivity contribution in [2.24, 2.45) is 0 Å². The Balaban J connectivity index is 1.95. The molecule has 1 saturated heterocycles. The molecule has 1 aromatic rings. The maximum absolute atomic E-state index is 12.1. The molecule has 6 heteroatoms. The van der Waals surface area contributed by atoms with Crippen molar-refractivity contribution in [3.05, 3.63) is 36.9 Å². The normalized spacial score (nSPS) is 18.7. The van der Waals surface area contributed by atoms with Crippen molar-refractivity contribution in [1.82, 2.24) is 4.90 Å². The zero-order chi connectivity index (χ0) is 13.8. The Morgan fingerprint density at radius 1 is 1.58 bits per heavy atom. The van der Waals surface area contributed by atoms with Crippen molar-refractivity contribution >= 4 is 39.9 Å². The summed E-state index contributed by atoms with van der Waals surface area (Å²) in [7, 11) is 0. The predicted molar refractivity (Wildman–Crippen MR) is 82.5 cm³/mol. The number of carbonyl (C=O) groups is 1. The molecule has 4 nitrogen and oxygen atoms in total. The first-order valence-electron chi connectivity index (χ1n) is 5.77. The molecule has 1 atom stereocenters. The molecule has 1 heterocycles. The van der Waals surface area contributed by atoms with Crippen LogP contribution in [0.5, 0.6) is 5.75 Å². The molecule has 0 aliphatic carbocycles. The van der Waals surface area contributed by atoms with E-state index in [9.17, 15) is 9.90 Å². The molecule has 0 aromatic heterocycles. The second-order valence-corrected chi connectivity index (χ2v) is 5.88. The molecule has 0 saturated carbocycles. The monoisotopic (exact) mass is 294 g/mol. The molecule has 2 N–H and O–H groups in total. The van der Waals surface area contributed by atoms with E-state index in [1.165, 1.54) is 11.8 Å². The first kappa shape index (κ1) is 13.9. The Labute approximate surface area is 121 Å². The third kappa shape index (κ3) is 3.27. The van der Waals surface area contributed by atoms with Crippen LogP contribution in [0.25, 0.3) is 0 Å². The standard InChI is InChI=1S/C13H14N2O2S2/c1-2-6-15-12(17)11(19-13(15)18)8-14-9-4-3-5-10(16)7-9/h2-5,7,11,14,16H,1,6,8H2. The van der Waals surface area contributed by atoms with Crippen LogP contribution >= 0.6 is 24.0 Å². The Morgan fingerprint density at radius 3 is 3.05 bits per heavy atom. The van der Waals surface area contributed by atoms with Crippen LogP contribution in [0.2, 0.25) is 0 Å². The third-order valence-corrected chi connectivity index (χ3v) is 4.24. The van der Waals surface area contributed by atoms with Gasteiger partial charge in [-0.2, -0.15) is 0 Å². The van der Waals surface area contributed by atoms with Gasteiger partial charge in [-0.05, 0) is 12.1 Å². The van der Waals surface area contributed by atoms with Gasteiger partial charge in [0.25, 0.3) is 0 Å². The number of carbonyl (C=O) groups excluding carboxylic acids is 1. The van der Waals surface area contributed by atoms with Gasteiger partial charge in [0.2, 0.25) is 5.91 Å². The van der Waals surface area contributed by atoms with Crippen LogP contribution in [-0.2, 0) is 4.79 Å². The van der Waals surface area contributed by atoms with Crippen LogP contribution in [0.1, 0.15) is 0 Å². The number of thiocarbonyl (C=S) groups is 1. The predicted octanol–water partition coefficient (Wildman–Crippen LogP) is 2.22. The molecule has 1 amide bonds. The summed E-state index contributed by atoms with van der Waals surface area (Å²) in [5, 5.41) is 12.3. The molecule has 1 unspecified atom stereocenters. The van der Waals surface area contributed by atoms with Gasteiger partial charge >= 0.3 is 0 Å². The number of aromatic hydroxyl groups is 1. The number of hydrogen-bond acceptors (Lipinski definition) is 5.